The second kappa shape index (κ2) is 9.51. The van der Waals surface area contributed by atoms with Gasteiger partial charge in [0.25, 0.3) is 0 Å². The van der Waals surface area contributed by atoms with Gasteiger partial charge in [0.2, 0.25) is 5.91 Å². The van der Waals surface area contributed by atoms with Crippen molar-refractivity contribution in [1.29, 1.82) is 0 Å². The Balaban J connectivity index is 0.00000225. The molecule has 0 spiro atoms. The van der Waals surface area contributed by atoms with Crippen LogP contribution in [0.1, 0.15) is 6.42 Å². The molecule has 0 saturated heterocycles. The molecule has 1 amide bonds. The van der Waals surface area contributed by atoms with E-state index in [2.05, 4.69) is 5.32 Å². The minimum Gasteiger partial charge on any atom is -0.355 e. The fraction of sp³-hybridized carbons (Fsp3) is 0.364. The molecule has 0 aliphatic rings. The van der Waals surface area contributed by atoms with E-state index < -0.39 is 0 Å². The highest BCUT2D eigenvalue weighted by Crippen LogP contribution is 2.17. The van der Waals surface area contributed by atoms with Gasteiger partial charge in [-0.2, -0.15) is 0 Å². The summed E-state index contributed by atoms with van der Waals surface area (Å²) in [6.07, 6.45) is 0.541. The summed E-state index contributed by atoms with van der Waals surface area (Å²) < 4.78 is 0. The van der Waals surface area contributed by atoms with Crippen LogP contribution in [0.15, 0.2) is 35.2 Å². The van der Waals surface area contributed by atoms with Crippen LogP contribution in [-0.4, -0.2) is 24.7 Å². The summed E-state index contributed by atoms with van der Waals surface area (Å²) in [5, 5.41) is 2.74. The summed E-state index contributed by atoms with van der Waals surface area (Å²) in [4.78, 5) is 12.4. The van der Waals surface area contributed by atoms with Gasteiger partial charge < -0.3 is 11.1 Å². The second-order valence-electron chi connectivity index (χ2n) is 3.05. The Bertz CT molecular complexity index is 295. The zero-order valence-corrected chi connectivity index (χ0v) is 10.7. The highest BCUT2D eigenvalue weighted by molar-refractivity contribution is 7.99. The van der Waals surface area contributed by atoms with E-state index in [1.165, 1.54) is 4.90 Å². The number of carbonyl (C=O) groups is 1. The first-order valence-electron chi connectivity index (χ1n) is 4.97. The topological polar surface area (TPSA) is 55.1 Å². The number of hydrogen-bond donors (Lipinski definition) is 2. The van der Waals surface area contributed by atoms with E-state index >= 15 is 0 Å². The maximum atomic E-state index is 11.2. The van der Waals surface area contributed by atoms with Crippen LogP contribution in [0.5, 0.6) is 0 Å². The summed E-state index contributed by atoms with van der Waals surface area (Å²) in [5.74, 6) is 0.879. The number of nitrogens with one attached hydrogen (secondary N) is 1. The fourth-order valence-corrected chi connectivity index (χ4v) is 1.95. The standard InChI is InChI=1S/C11H16N2OS.ClH/c12-7-8-13-11(14)6-9-15-10-4-2-1-3-5-10;/h1-5H,6-9,12H2,(H,13,14);1H. The molecule has 16 heavy (non-hydrogen) atoms. The van der Waals surface area contributed by atoms with Crippen LogP contribution in [0.25, 0.3) is 0 Å². The van der Waals surface area contributed by atoms with Crippen LogP contribution < -0.4 is 11.1 Å². The third kappa shape index (κ3) is 6.71. The van der Waals surface area contributed by atoms with Crippen molar-refractivity contribution >= 4 is 30.1 Å². The Labute approximate surface area is 107 Å². The van der Waals surface area contributed by atoms with E-state index in [4.69, 9.17) is 5.73 Å². The highest BCUT2D eigenvalue weighted by atomic mass is 35.5. The van der Waals surface area contributed by atoms with Gasteiger partial charge >= 0.3 is 0 Å². The minimum absolute atomic E-state index is 0. The minimum atomic E-state index is 0. The molecule has 3 nitrogen and oxygen atoms in total. The monoisotopic (exact) mass is 260 g/mol. The van der Waals surface area contributed by atoms with Crippen LogP contribution in [0.3, 0.4) is 0 Å². The molecule has 0 aliphatic carbocycles. The average molecular weight is 261 g/mol. The van der Waals surface area contributed by atoms with Crippen molar-refractivity contribution in [3.63, 3.8) is 0 Å². The van der Waals surface area contributed by atoms with Gasteiger partial charge in [0.15, 0.2) is 0 Å². The zero-order valence-electron chi connectivity index (χ0n) is 9.02. The van der Waals surface area contributed by atoms with Crippen LogP contribution >= 0.6 is 24.2 Å². The first-order chi connectivity index (χ1) is 7.33. The lowest BCUT2D eigenvalue weighted by molar-refractivity contribution is -0.120. The number of hydrogen-bond acceptors (Lipinski definition) is 3. The molecule has 3 N–H and O–H groups in total. The van der Waals surface area contributed by atoms with Crippen molar-refractivity contribution in [3.8, 4) is 0 Å². The molecule has 0 saturated carbocycles. The molecule has 1 rings (SSSR count). The fourth-order valence-electron chi connectivity index (χ4n) is 1.08. The molecule has 0 fully saturated rings. The number of thioether (sulfide) groups is 1. The first-order valence-corrected chi connectivity index (χ1v) is 5.96. The van der Waals surface area contributed by atoms with Crippen molar-refractivity contribution in [2.75, 3.05) is 18.8 Å². The Morgan fingerprint density at radius 2 is 2.00 bits per heavy atom. The van der Waals surface area contributed by atoms with Gasteiger partial charge in [-0.05, 0) is 12.1 Å². The maximum absolute atomic E-state index is 11.2. The molecule has 0 unspecified atom stereocenters. The number of amides is 1. The molecule has 0 heterocycles. The summed E-state index contributed by atoms with van der Waals surface area (Å²) >= 11 is 1.69. The molecule has 0 aliphatic heterocycles. The van der Waals surface area contributed by atoms with E-state index in [0.29, 0.717) is 19.5 Å². The van der Waals surface area contributed by atoms with Crippen molar-refractivity contribution in [1.82, 2.24) is 5.32 Å². The molecule has 1 aromatic carbocycles. The Kier molecular flexibility index (Phi) is 9.09. The number of carbonyl (C=O) groups excluding carboxylic acids is 1. The lowest BCUT2D eigenvalue weighted by Gasteiger charge is -2.03. The van der Waals surface area contributed by atoms with E-state index in [0.717, 1.165) is 5.75 Å². The molecule has 1 aromatic rings. The van der Waals surface area contributed by atoms with Gasteiger partial charge in [-0.1, -0.05) is 18.2 Å². The Hall–Kier alpha value is -0.710. The smallest absolute Gasteiger partial charge is 0.220 e. The number of rotatable bonds is 6. The van der Waals surface area contributed by atoms with Gasteiger partial charge in [0.05, 0.1) is 0 Å². The molecule has 0 atom stereocenters. The predicted octanol–water partition coefficient (Wildman–Crippen LogP) is 1.67. The van der Waals surface area contributed by atoms with E-state index in [1.807, 2.05) is 30.3 Å². The largest absolute Gasteiger partial charge is 0.355 e. The summed E-state index contributed by atoms with van der Waals surface area (Å²) in [6.45, 7) is 1.06. The third-order valence-electron chi connectivity index (χ3n) is 1.81. The molecule has 0 bridgehead atoms. The zero-order chi connectivity index (χ0) is 10.9. The van der Waals surface area contributed by atoms with Gasteiger partial charge in [0, 0.05) is 30.2 Å². The van der Waals surface area contributed by atoms with Gasteiger partial charge in [0.1, 0.15) is 0 Å². The third-order valence-corrected chi connectivity index (χ3v) is 2.82. The summed E-state index contributed by atoms with van der Waals surface area (Å²) in [7, 11) is 0. The molecule has 0 aromatic heterocycles. The van der Waals surface area contributed by atoms with Crippen LogP contribution in [0.4, 0.5) is 0 Å². The van der Waals surface area contributed by atoms with Crippen LogP contribution in [0, 0.1) is 0 Å². The summed E-state index contributed by atoms with van der Waals surface area (Å²) in [5.41, 5.74) is 5.28. The molecule has 5 heteroatoms. The van der Waals surface area contributed by atoms with Gasteiger partial charge in [-0.15, -0.1) is 24.2 Å². The van der Waals surface area contributed by atoms with Gasteiger partial charge in [-0.25, -0.2) is 0 Å². The SMILES string of the molecule is Cl.NCCNC(=O)CCSc1ccccc1. The van der Waals surface area contributed by atoms with Crippen LogP contribution in [-0.2, 0) is 4.79 Å². The number of halogens is 1. The van der Waals surface area contributed by atoms with Crippen molar-refractivity contribution in [2.24, 2.45) is 5.73 Å². The van der Waals surface area contributed by atoms with Gasteiger partial charge in [-0.3, -0.25) is 4.79 Å². The quantitative estimate of drug-likeness (QED) is 0.765. The van der Waals surface area contributed by atoms with E-state index in [-0.39, 0.29) is 18.3 Å². The normalized spacial score (nSPS) is 9.31. The average Bonchev–Trinajstić information content (AvgIpc) is 2.28. The second-order valence-corrected chi connectivity index (χ2v) is 4.22. The Morgan fingerprint density at radius 1 is 1.31 bits per heavy atom. The van der Waals surface area contributed by atoms with Crippen molar-refractivity contribution < 1.29 is 4.79 Å². The molecule has 0 radical (unpaired) electrons. The summed E-state index contributed by atoms with van der Waals surface area (Å²) in [6, 6.07) is 10.1. The first kappa shape index (κ1) is 15.3. The lowest BCUT2D eigenvalue weighted by atomic mass is 10.4. The maximum Gasteiger partial charge on any atom is 0.220 e. The predicted molar refractivity (Wildman–Crippen MR) is 71.1 cm³/mol. The molecule has 90 valence electrons. The van der Waals surface area contributed by atoms with Crippen molar-refractivity contribution in [2.45, 2.75) is 11.3 Å². The lowest BCUT2D eigenvalue weighted by Crippen LogP contribution is -2.29. The van der Waals surface area contributed by atoms with E-state index in [9.17, 15) is 4.79 Å². The van der Waals surface area contributed by atoms with E-state index in [1.54, 1.807) is 11.8 Å². The number of benzene rings is 1. The molecular formula is C11H17ClN2OS. The highest BCUT2D eigenvalue weighted by Gasteiger charge is 2.00. The Morgan fingerprint density at radius 3 is 2.62 bits per heavy atom. The molecular weight excluding hydrogens is 244 g/mol. The van der Waals surface area contributed by atoms with Crippen LogP contribution in [0.2, 0.25) is 0 Å². The number of nitrogens with two attached hydrogens (primary N) is 1. The van der Waals surface area contributed by atoms with Crippen molar-refractivity contribution in [3.05, 3.63) is 30.3 Å².